The third-order valence-electron chi connectivity index (χ3n) is 4.58. The SMILES string of the molecule is C=CC[C@@]1(C(=O)O)CCCN(C(=O)C2(COC)CC2)C1. The molecule has 5 heteroatoms. The van der Waals surface area contributed by atoms with Crippen LogP contribution in [0.4, 0.5) is 0 Å². The molecule has 1 aliphatic heterocycles. The fraction of sp³-hybridized carbons (Fsp3) is 0.733. The van der Waals surface area contributed by atoms with Crippen LogP contribution in [0.25, 0.3) is 0 Å². The zero-order valence-corrected chi connectivity index (χ0v) is 12.1. The molecule has 112 valence electrons. The molecule has 0 aromatic carbocycles. The number of carbonyl (C=O) groups excluding carboxylic acids is 1. The van der Waals surface area contributed by atoms with Crippen LogP contribution in [0.2, 0.25) is 0 Å². The molecule has 2 fully saturated rings. The summed E-state index contributed by atoms with van der Waals surface area (Å²) >= 11 is 0. The zero-order valence-electron chi connectivity index (χ0n) is 12.1. The van der Waals surface area contributed by atoms with Gasteiger partial charge in [-0.3, -0.25) is 9.59 Å². The third-order valence-corrected chi connectivity index (χ3v) is 4.58. The van der Waals surface area contributed by atoms with Crippen LogP contribution >= 0.6 is 0 Å². The van der Waals surface area contributed by atoms with E-state index in [1.165, 1.54) is 0 Å². The molecule has 2 rings (SSSR count). The second-order valence-electron chi connectivity index (χ2n) is 6.12. The Bertz CT molecular complexity index is 416. The number of hydrogen-bond donors (Lipinski definition) is 1. The van der Waals surface area contributed by atoms with Crippen molar-refractivity contribution in [2.24, 2.45) is 10.8 Å². The van der Waals surface area contributed by atoms with Crippen LogP contribution in [0.5, 0.6) is 0 Å². The lowest BCUT2D eigenvalue weighted by Crippen LogP contribution is -2.52. The molecule has 1 amide bonds. The first-order valence-corrected chi connectivity index (χ1v) is 7.12. The minimum Gasteiger partial charge on any atom is -0.481 e. The highest BCUT2D eigenvalue weighted by Gasteiger charge is 2.54. The normalized spacial score (nSPS) is 27.9. The molecule has 0 aromatic rings. The minimum absolute atomic E-state index is 0.0636. The second kappa shape index (κ2) is 5.56. The summed E-state index contributed by atoms with van der Waals surface area (Å²) in [5, 5.41) is 9.53. The van der Waals surface area contributed by atoms with E-state index in [1.807, 2.05) is 0 Å². The fourth-order valence-corrected chi connectivity index (χ4v) is 3.19. The summed E-state index contributed by atoms with van der Waals surface area (Å²) in [6.07, 6.45) is 5.08. The lowest BCUT2D eigenvalue weighted by Gasteiger charge is -2.40. The van der Waals surface area contributed by atoms with E-state index < -0.39 is 11.4 Å². The first-order chi connectivity index (χ1) is 9.49. The third kappa shape index (κ3) is 2.59. The highest BCUT2D eigenvalue weighted by Crippen LogP contribution is 2.48. The van der Waals surface area contributed by atoms with E-state index in [9.17, 15) is 14.7 Å². The summed E-state index contributed by atoms with van der Waals surface area (Å²) in [5.74, 6) is -0.764. The Hall–Kier alpha value is -1.36. The number of rotatable bonds is 6. The van der Waals surface area contributed by atoms with Gasteiger partial charge in [-0.2, -0.15) is 0 Å². The Morgan fingerprint density at radius 1 is 1.35 bits per heavy atom. The van der Waals surface area contributed by atoms with Crippen molar-refractivity contribution in [3.05, 3.63) is 12.7 Å². The zero-order chi connectivity index (χ0) is 14.8. The molecule has 1 saturated heterocycles. The smallest absolute Gasteiger partial charge is 0.311 e. The van der Waals surface area contributed by atoms with Crippen molar-refractivity contribution in [2.45, 2.75) is 32.1 Å². The molecule has 1 atom stereocenters. The molecule has 0 unspecified atom stereocenters. The van der Waals surface area contributed by atoms with E-state index >= 15 is 0 Å². The molecule has 5 nitrogen and oxygen atoms in total. The summed E-state index contributed by atoms with van der Waals surface area (Å²) in [4.78, 5) is 26.0. The van der Waals surface area contributed by atoms with Gasteiger partial charge >= 0.3 is 5.97 Å². The molecule has 1 saturated carbocycles. The van der Waals surface area contributed by atoms with Gasteiger partial charge in [0, 0.05) is 20.2 Å². The van der Waals surface area contributed by atoms with Gasteiger partial charge < -0.3 is 14.7 Å². The highest BCUT2D eigenvalue weighted by molar-refractivity contribution is 5.86. The number of piperidine rings is 1. The lowest BCUT2D eigenvalue weighted by atomic mass is 9.77. The van der Waals surface area contributed by atoms with Crippen molar-refractivity contribution in [3.63, 3.8) is 0 Å². The molecule has 1 N–H and O–H groups in total. The van der Waals surface area contributed by atoms with Crippen LogP contribution in [-0.2, 0) is 14.3 Å². The van der Waals surface area contributed by atoms with E-state index in [4.69, 9.17) is 4.74 Å². The van der Waals surface area contributed by atoms with Gasteiger partial charge in [-0.05, 0) is 32.1 Å². The summed E-state index contributed by atoms with van der Waals surface area (Å²) < 4.78 is 5.15. The van der Waals surface area contributed by atoms with Crippen LogP contribution in [-0.4, -0.2) is 48.7 Å². The Balaban J connectivity index is 2.12. The first-order valence-electron chi connectivity index (χ1n) is 7.12. The Kier molecular flexibility index (Phi) is 4.18. The quantitative estimate of drug-likeness (QED) is 0.752. The largest absolute Gasteiger partial charge is 0.481 e. The Morgan fingerprint density at radius 2 is 2.05 bits per heavy atom. The Morgan fingerprint density at radius 3 is 2.55 bits per heavy atom. The lowest BCUT2D eigenvalue weighted by molar-refractivity contribution is -0.156. The molecule has 0 aromatic heterocycles. The second-order valence-corrected chi connectivity index (χ2v) is 6.12. The van der Waals surface area contributed by atoms with Crippen molar-refractivity contribution in [1.29, 1.82) is 0 Å². The summed E-state index contributed by atoms with van der Waals surface area (Å²) in [6, 6.07) is 0. The average Bonchev–Trinajstić information content (AvgIpc) is 3.20. The molecule has 0 spiro atoms. The maximum atomic E-state index is 12.6. The number of nitrogens with zero attached hydrogens (tertiary/aromatic N) is 1. The standard InChI is InChI=1S/C15H23NO4/c1-3-5-14(13(18)19)6-4-9-16(10-14)12(17)15(7-8-15)11-20-2/h3H,1,4-11H2,2H3,(H,18,19)/t14-/m1/s1. The van der Waals surface area contributed by atoms with Gasteiger partial charge in [-0.1, -0.05) is 6.08 Å². The molecular formula is C15H23NO4. The minimum atomic E-state index is -0.862. The monoisotopic (exact) mass is 281 g/mol. The average molecular weight is 281 g/mol. The van der Waals surface area contributed by atoms with E-state index in [1.54, 1.807) is 18.1 Å². The van der Waals surface area contributed by atoms with Crippen LogP contribution in [0.1, 0.15) is 32.1 Å². The van der Waals surface area contributed by atoms with Crippen molar-refractivity contribution < 1.29 is 19.4 Å². The summed E-state index contributed by atoms with van der Waals surface area (Å²) in [5.41, 5.74) is -1.25. The maximum Gasteiger partial charge on any atom is 0.311 e. The molecule has 0 radical (unpaired) electrons. The van der Waals surface area contributed by atoms with Gasteiger partial charge in [0.15, 0.2) is 0 Å². The van der Waals surface area contributed by atoms with Crippen molar-refractivity contribution in [3.8, 4) is 0 Å². The van der Waals surface area contributed by atoms with Gasteiger partial charge in [0.2, 0.25) is 5.91 Å². The number of carbonyl (C=O) groups is 2. The van der Waals surface area contributed by atoms with Crippen LogP contribution < -0.4 is 0 Å². The van der Waals surface area contributed by atoms with Gasteiger partial charge in [0.25, 0.3) is 0 Å². The molecule has 0 bridgehead atoms. The summed E-state index contributed by atoms with van der Waals surface area (Å²) in [6.45, 7) is 5.03. The highest BCUT2D eigenvalue weighted by atomic mass is 16.5. The van der Waals surface area contributed by atoms with Crippen molar-refractivity contribution in [2.75, 3.05) is 26.8 Å². The van der Waals surface area contributed by atoms with Gasteiger partial charge in [-0.25, -0.2) is 0 Å². The molecule has 2 aliphatic rings. The van der Waals surface area contributed by atoms with Gasteiger partial charge in [0.1, 0.15) is 0 Å². The van der Waals surface area contributed by atoms with E-state index in [0.717, 1.165) is 19.3 Å². The molecule has 20 heavy (non-hydrogen) atoms. The number of aliphatic carboxylic acids is 1. The molecule has 1 aliphatic carbocycles. The molecular weight excluding hydrogens is 258 g/mol. The molecule has 1 heterocycles. The van der Waals surface area contributed by atoms with Gasteiger partial charge in [0.05, 0.1) is 17.4 Å². The number of hydrogen-bond acceptors (Lipinski definition) is 3. The van der Waals surface area contributed by atoms with Crippen molar-refractivity contribution >= 4 is 11.9 Å². The maximum absolute atomic E-state index is 12.6. The van der Waals surface area contributed by atoms with Gasteiger partial charge in [-0.15, -0.1) is 6.58 Å². The van der Waals surface area contributed by atoms with Crippen LogP contribution in [0.15, 0.2) is 12.7 Å². The first kappa shape index (κ1) is 15.0. The topological polar surface area (TPSA) is 66.8 Å². The van der Waals surface area contributed by atoms with Crippen molar-refractivity contribution in [1.82, 2.24) is 4.90 Å². The van der Waals surface area contributed by atoms with Crippen LogP contribution in [0.3, 0.4) is 0 Å². The number of methoxy groups -OCH3 is 1. The van der Waals surface area contributed by atoms with E-state index in [0.29, 0.717) is 32.5 Å². The predicted octanol–water partition coefficient (Wildman–Crippen LogP) is 1.68. The number of carboxylic acids is 1. The van der Waals surface area contributed by atoms with E-state index in [-0.39, 0.29) is 11.3 Å². The number of likely N-dealkylation sites (tertiary alicyclic amines) is 1. The number of ether oxygens (including phenoxy) is 1. The number of carboxylic acid groups (broad SMARTS) is 1. The Labute approximate surface area is 119 Å². The van der Waals surface area contributed by atoms with E-state index in [2.05, 4.69) is 6.58 Å². The van der Waals surface area contributed by atoms with Crippen LogP contribution in [0, 0.1) is 10.8 Å². The fourth-order valence-electron chi connectivity index (χ4n) is 3.19. The number of amides is 1. The number of allylic oxidation sites excluding steroid dienone is 1. The summed E-state index contributed by atoms with van der Waals surface area (Å²) in [7, 11) is 1.60. The predicted molar refractivity (Wildman–Crippen MR) is 74.2 cm³/mol.